The van der Waals surface area contributed by atoms with Crippen molar-refractivity contribution in [1.82, 2.24) is 0 Å². The Hall–Kier alpha value is -2.66. The largest absolute Gasteiger partial charge is 0.490 e. The van der Waals surface area contributed by atoms with Gasteiger partial charge in [-0.05, 0) is 48.0 Å². The van der Waals surface area contributed by atoms with Gasteiger partial charge in [-0.2, -0.15) is 0 Å². The van der Waals surface area contributed by atoms with Crippen molar-refractivity contribution in [1.29, 1.82) is 0 Å². The van der Waals surface area contributed by atoms with Crippen LogP contribution in [0.15, 0.2) is 48.5 Å². The Balaban J connectivity index is 2.21. The lowest BCUT2D eigenvalue weighted by Gasteiger charge is -2.02. The monoisotopic (exact) mass is 317 g/mol. The summed E-state index contributed by atoms with van der Waals surface area (Å²) in [5.41, 5.74) is 1.02. The van der Waals surface area contributed by atoms with Gasteiger partial charge in [-0.3, -0.25) is 14.9 Å². The van der Waals surface area contributed by atoms with E-state index in [1.165, 1.54) is 25.3 Å². The summed E-state index contributed by atoms with van der Waals surface area (Å²) < 4.78 is 4.98. The number of hydrogen-bond donors (Lipinski definition) is 0. The Morgan fingerprint density at radius 3 is 2.50 bits per heavy atom. The van der Waals surface area contributed by atoms with Gasteiger partial charge in [0.25, 0.3) is 0 Å². The lowest BCUT2D eigenvalue weighted by molar-refractivity contribution is -0.385. The predicted molar refractivity (Wildman–Crippen MR) is 84.5 cm³/mol. The number of halogens is 1. The van der Waals surface area contributed by atoms with Gasteiger partial charge in [-0.15, -0.1) is 0 Å². The number of nitro benzene ring substituents is 1. The molecule has 0 fully saturated rings. The summed E-state index contributed by atoms with van der Waals surface area (Å²) in [6, 6.07) is 10.9. The van der Waals surface area contributed by atoms with Crippen molar-refractivity contribution in [2.45, 2.75) is 0 Å². The summed E-state index contributed by atoms with van der Waals surface area (Å²) in [4.78, 5) is 22.3. The Kier molecular flexibility index (Phi) is 4.91. The lowest BCUT2D eigenvalue weighted by Crippen LogP contribution is -1.95. The fraction of sp³-hybridized carbons (Fsp3) is 0.0625. The molecule has 0 spiro atoms. The van der Waals surface area contributed by atoms with Crippen molar-refractivity contribution < 1.29 is 14.5 Å². The number of nitrogens with zero attached hydrogens (tertiary/aromatic N) is 1. The number of hydrogen-bond acceptors (Lipinski definition) is 4. The number of ketones is 1. The Bertz CT molecular complexity index is 738. The van der Waals surface area contributed by atoms with E-state index >= 15 is 0 Å². The molecule has 0 N–H and O–H groups in total. The molecule has 0 aliphatic carbocycles. The summed E-state index contributed by atoms with van der Waals surface area (Å²) in [5, 5.41) is 11.4. The zero-order valence-corrected chi connectivity index (χ0v) is 12.4. The maximum atomic E-state index is 12.0. The molecule has 5 nitrogen and oxygen atoms in total. The van der Waals surface area contributed by atoms with Crippen molar-refractivity contribution in [3.8, 4) is 5.75 Å². The quantitative estimate of drug-likeness (QED) is 0.359. The van der Waals surface area contributed by atoms with Crippen LogP contribution in [0, 0.1) is 10.1 Å². The van der Waals surface area contributed by atoms with E-state index in [2.05, 4.69) is 0 Å². The van der Waals surface area contributed by atoms with Gasteiger partial charge in [0, 0.05) is 16.7 Å². The first kappa shape index (κ1) is 15.7. The Labute approximate surface area is 131 Å². The van der Waals surface area contributed by atoms with Crippen LogP contribution in [0.5, 0.6) is 5.75 Å². The number of benzene rings is 2. The minimum absolute atomic E-state index is 0.122. The van der Waals surface area contributed by atoms with Crippen LogP contribution in [0.3, 0.4) is 0 Å². The first-order valence-corrected chi connectivity index (χ1v) is 6.69. The zero-order chi connectivity index (χ0) is 16.1. The molecule has 0 radical (unpaired) electrons. The molecule has 0 saturated carbocycles. The molecule has 2 aromatic carbocycles. The highest BCUT2D eigenvalue weighted by molar-refractivity contribution is 6.30. The molecule has 0 heterocycles. The van der Waals surface area contributed by atoms with Crippen molar-refractivity contribution in [2.75, 3.05) is 7.11 Å². The van der Waals surface area contributed by atoms with E-state index in [1.54, 1.807) is 36.4 Å². The Morgan fingerprint density at radius 1 is 1.23 bits per heavy atom. The van der Waals surface area contributed by atoms with Crippen LogP contribution >= 0.6 is 11.6 Å². The molecule has 0 amide bonds. The minimum Gasteiger partial charge on any atom is -0.490 e. The molecule has 0 aromatic heterocycles. The molecule has 6 heteroatoms. The molecular weight excluding hydrogens is 306 g/mol. The SMILES string of the molecule is COc1cc(/C=C/C(=O)c2ccc(Cl)cc2)ccc1[N+](=O)[O-]. The summed E-state index contributed by atoms with van der Waals surface area (Å²) in [6.45, 7) is 0. The standard InChI is InChI=1S/C16H12ClNO4/c1-22-16-10-11(2-8-14(16)18(20)21)3-9-15(19)12-4-6-13(17)7-5-12/h2-10H,1H3/b9-3+. The molecule has 0 unspecified atom stereocenters. The Morgan fingerprint density at radius 2 is 1.91 bits per heavy atom. The average molecular weight is 318 g/mol. The van der Waals surface area contributed by atoms with Gasteiger partial charge >= 0.3 is 5.69 Å². The summed E-state index contributed by atoms with van der Waals surface area (Å²) >= 11 is 5.76. The first-order valence-electron chi connectivity index (χ1n) is 6.31. The third-order valence-electron chi connectivity index (χ3n) is 2.96. The second kappa shape index (κ2) is 6.87. The van der Waals surface area contributed by atoms with Crippen LogP contribution < -0.4 is 4.74 Å². The number of allylic oxidation sites excluding steroid dienone is 1. The number of methoxy groups -OCH3 is 1. The van der Waals surface area contributed by atoms with E-state index in [0.29, 0.717) is 16.1 Å². The molecule has 112 valence electrons. The molecule has 0 saturated heterocycles. The van der Waals surface area contributed by atoms with E-state index in [1.807, 2.05) is 0 Å². The molecule has 2 aromatic rings. The van der Waals surface area contributed by atoms with Crippen LogP contribution in [0.25, 0.3) is 6.08 Å². The second-order valence-corrected chi connectivity index (χ2v) is 4.83. The number of nitro groups is 1. The van der Waals surface area contributed by atoms with Gasteiger partial charge in [0.05, 0.1) is 12.0 Å². The fourth-order valence-corrected chi connectivity index (χ4v) is 1.96. The number of ether oxygens (including phenoxy) is 1. The normalized spacial score (nSPS) is 10.6. The molecule has 0 aliphatic heterocycles. The van der Waals surface area contributed by atoms with Crippen LogP contribution in [-0.4, -0.2) is 17.8 Å². The maximum absolute atomic E-state index is 12.0. The van der Waals surface area contributed by atoms with Crippen LogP contribution in [0.4, 0.5) is 5.69 Å². The highest BCUT2D eigenvalue weighted by atomic mass is 35.5. The van der Waals surface area contributed by atoms with Crippen LogP contribution in [0.2, 0.25) is 5.02 Å². The van der Waals surface area contributed by atoms with Gasteiger partial charge in [-0.25, -0.2) is 0 Å². The highest BCUT2D eigenvalue weighted by Gasteiger charge is 2.13. The smallest absolute Gasteiger partial charge is 0.310 e. The molecule has 0 aliphatic rings. The summed E-state index contributed by atoms with van der Waals surface area (Å²) in [6.07, 6.45) is 2.97. The van der Waals surface area contributed by atoms with Gasteiger partial charge in [-0.1, -0.05) is 17.7 Å². The number of carbonyl (C=O) groups is 1. The fourth-order valence-electron chi connectivity index (χ4n) is 1.83. The molecule has 0 bridgehead atoms. The average Bonchev–Trinajstić information content (AvgIpc) is 2.52. The first-order chi connectivity index (χ1) is 10.5. The number of carbonyl (C=O) groups excluding carboxylic acids is 1. The topological polar surface area (TPSA) is 69.4 Å². The van der Waals surface area contributed by atoms with Crippen molar-refractivity contribution in [3.63, 3.8) is 0 Å². The molecular formula is C16H12ClNO4. The lowest BCUT2D eigenvalue weighted by atomic mass is 10.1. The predicted octanol–water partition coefficient (Wildman–Crippen LogP) is 4.15. The van der Waals surface area contributed by atoms with E-state index in [-0.39, 0.29) is 17.2 Å². The van der Waals surface area contributed by atoms with Crippen molar-refractivity contribution in [3.05, 3.63) is 74.8 Å². The molecule has 2 rings (SSSR count). The van der Waals surface area contributed by atoms with E-state index in [9.17, 15) is 14.9 Å². The summed E-state index contributed by atoms with van der Waals surface area (Å²) in [5.74, 6) is -0.0416. The molecule has 22 heavy (non-hydrogen) atoms. The molecule has 0 atom stereocenters. The third kappa shape index (κ3) is 3.71. The zero-order valence-electron chi connectivity index (χ0n) is 11.7. The highest BCUT2D eigenvalue weighted by Crippen LogP contribution is 2.28. The van der Waals surface area contributed by atoms with Crippen LogP contribution in [-0.2, 0) is 0 Å². The van der Waals surface area contributed by atoms with Gasteiger partial charge in [0.2, 0.25) is 0 Å². The van der Waals surface area contributed by atoms with Gasteiger partial charge < -0.3 is 4.74 Å². The van der Waals surface area contributed by atoms with Gasteiger partial charge in [0.15, 0.2) is 11.5 Å². The van der Waals surface area contributed by atoms with Gasteiger partial charge in [0.1, 0.15) is 0 Å². The van der Waals surface area contributed by atoms with E-state index in [0.717, 1.165) is 0 Å². The van der Waals surface area contributed by atoms with Crippen LogP contribution in [0.1, 0.15) is 15.9 Å². The van der Waals surface area contributed by atoms with Crippen molar-refractivity contribution in [2.24, 2.45) is 0 Å². The van der Waals surface area contributed by atoms with Crippen molar-refractivity contribution >= 4 is 29.1 Å². The third-order valence-corrected chi connectivity index (χ3v) is 3.21. The maximum Gasteiger partial charge on any atom is 0.310 e. The minimum atomic E-state index is -0.523. The number of rotatable bonds is 5. The second-order valence-electron chi connectivity index (χ2n) is 4.39. The summed E-state index contributed by atoms with van der Waals surface area (Å²) in [7, 11) is 1.36. The van der Waals surface area contributed by atoms with E-state index in [4.69, 9.17) is 16.3 Å². The van der Waals surface area contributed by atoms with E-state index < -0.39 is 4.92 Å².